The first-order valence-corrected chi connectivity index (χ1v) is 10.8. The highest BCUT2D eigenvalue weighted by Gasteiger charge is 2.29. The Labute approximate surface area is 190 Å². The molecule has 1 fully saturated rings. The van der Waals surface area contributed by atoms with Crippen LogP contribution in [-0.2, 0) is 7.05 Å². The van der Waals surface area contributed by atoms with Crippen molar-refractivity contribution >= 4 is 39.3 Å². The lowest BCUT2D eigenvalue weighted by molar-refractivity contribution is 0.102. The molecule has 1 aliphatic heterocycles. The van der Waals surface area contributed by atoms with Crippen molar-refractivity contribution in [1.29, 1.82) is 0 Å². The summed E-state index contributed by atoms with van der Waals surface area (Å²) in [4.78, 5) is 31.2. The van der Waals surface area contributed by atoms with Gasteiger partial charge in [-0.25, -0.2) is 14.4 Å². The highest BCUT2D eigenvalue weighted by Crippen LogP contribution is 2.28. The molecule has 4 aromatic rings. The number of carbonyl (C=O) groups excluding carboxylic acids is 1. The predicted octanol–water partition coefficient (Wildman–Crippen LogP) is 2.83. The second-order valence-corrected chi connectivity index (χ2v) is 8.67. The summed E-state index contributed by atoms with van der Waals surface area (Å²) in [5.41, 5.74) is 1.91. The van der Waals surface area contributed by atoms with Gasteiger partial charge in [0.15, 0.2) is 11.6 Å². The van der Waals surface area contributed by atoms with Gasteiger partial charge in [0, 0.05) is 68.1 Å². The van der Waals surface area contributed by atoms with Gasteiger partial charge in [-0.15, -0.1) is 0 Å². The van der Waals surface area contributed by atoms with Crippen molar-refractivity contribution in [1.82, 2.24) is 29.6 Å². The smallest absolute Gasteiger partial charge is 0.259 e. The van der Waals surface area contributed by atoms with Gasteiger partial charge < -0.3 is 10.2 Å². The van der Waals surface area contributed by atoms with Crippen LogP contribution in [0.1, 0.15) is 24.2 Å². The summed E-state index contributed by atoms with van der Waals surface area (Å²) in [7, 11) is 3.84. The molecular weight excluding hydrogens is 423 g/mol. The van der Waals surface area contributed by atoms with Gasteiger partial charge in [0.2, 0.25) is 0 Å². The second kappa shape index (κ2) is 8.04. The van der Waals surface area contributed by atoms with Crippen LogP contribution in [-0.4, -0.2) is 67.8 Å². The van der Waals surface area contributed by atoms with E-state index in [0.29, 0.717) is 40.0 Å². The molecule has 0 saturated carbocycles. The van der Waals surface area contributed by atoms with Crippen LogP contribution in [0.2, 0.25) is 0 Å². The number of hydrogen-bond acceptors (Lipinski definition) is 7. The molecule has 1 amide bonds. The molecule has 1 aromatic carbocycles. The van der Waals surface area contributed by atoms with Crippen LogP contribution in [0.25, 0.3) is 21.9 Å². The van der Waals surface area contributed by atoms with E-state index in [1.54, 1.807) is 31.7 Å². The Bertz CT molecular complexity index is 1360. The van der Waals surface area contributed by atoms with Crippen molar-refractivity contribution in [3.05, 3.63) is 48.3 Å². The monoisotopic (exact) mass is 448 g/mol. The van der Waals surface area contributed by atoms with E-state index in [2.05, 4.69) is 56.1 Å². The number of fused-ring (bicyclic) bond motifs is 2. The first-order chi connectivity index (χ1) is 15.8. The molecule has 1 N–H and O–H groups in total. The SMILES string of the molecule is C[C@@H]1CN(c2ncc(C(=O)Nc3cc(F)c4nn(C)cc4c3)c3nccnc23)C[C@@H](C)N1C. The molecule has 3 aromatic heterocycles. The standard InChI is InChI=1S/C23H25FN8O/c1-13-10-32(11-14(2)31(13)4)22-21-20(25-5-6-26-21)17(9-27-22)23(33)28-16-7-15-12-30(3)29-19(15)18(24)8-16/h5-9,12-14H,10-11H2,1-4H3,(H,28,33)/t13-,14-/m1/s1. The minimum atomic E-state index is -0.500. The van der Waals surface area contributed by atoms with Crippen molar-refractivity contribution < 1.29 is 9.18 Å². The largest absolute Gasteiger partial charge is 0.352 e. The maximum atomic E-state index is 14.4. The molecule has 9 nitrogen and oxygen atoms in total. The fourth-order valence-electron chi connectivity index (χ4n) is 4.40. The summed E-state index contributed by atoms with van der Waals surface area (Å²) in [6, 6.07) is 3.65. The maximum Gasteiger partial charge on any atom is 0.259 e. The van der Waals surface area contributed by atoms with E-state index >= 15 is 0 Å². The molecule has 2 atom stereocenters. The number of piperazine rings is 1. The van der Waals surface area contributed by atoms with Crippen molar-refractivity contribution in [2.45, 2.75) is 25.9 Å². The molecule has 1 saturated heterocycles. The minimum Gasteiger partial charge on any atom is -0.352 e. The Balaban J connectivity index is 1.49. The van der Waals surface area contributed by atoms with Gasteiger partial charge in [-0.1, -0.05) is 0 Å². The Hall–Kier alpha value is -3.66. The lowest BCUT2D eigenvalue weighted by Gasteiger charge is -2.43. The first kappa shape index (κ1) is 21.2. The number of likely N-dealkylation sites (N-methyl/N-ethyl adjacent to an activating group) is 1. The number of nitrogens with zero attached hydrogens (tertiary/aromatic N) is 7. The van der Waals surface area contributed by atoms with Crippen LogP contribution < -0.4 is 10.2 Å². The van der Waals surface area contributed by atoms with Gasteiger partial charge in [-0.2, -0.15) is 5.10 Å². The average molecular weight is 449 g/mol. The van der Waals surface area contributed by atoms with E-state index in [1.165, 1.54) is 16.9 Å². The number of benzene rings is 1. The molecule has 0 aliphatic carbocycles. The summed E-state index contributed by atoms with van der Waals surface area (Å²) < 4.78 is 16.0. The molecule has 0 spiro atoms. The van der Waals surface area contributed by atoms with E-state index in [4.69, 9.17) is 0 Å². The van der Waals surface area contributed by atoms with Crippen LogP contribution >= 0.6 is 0 Å². The number of anilines is 2. The molecule has 10 heteroatoms. The maximum absolute atomic E-state index is 14.4. The van der Waals surface area contributed by atoms with Gasteiger partial charge in [0.1, 0.15) is 16.6 Å². The lowest BCUT2D eigenvalue weighted by atomic mass is 10.1. The molecule has 4 heterocycles. The van der Waals surface area contributed by atoms with Crippen LogP contribution in [0.3, 0.4) is 0 Å². The topological polar surface area (TPSA) is 92.1 Å². The molecule has 1 aliphatic rings. The Morgan fingerprint density at radius 2 is 1.73 bits per heavy atom. The van der Waals surface area contributed by atoms with Gasteiger partial charge in [0.05, 0.1) is 5.56 Å². The normalized spacial score (nSPS) is 19.4. The number of rotatable bonds is 3. The minimum absolute atomic E-state index is 0.258. The van der Waals surface area contributed by atoms with E-state index in [0.717, 1.165) is 13.1 Å². The molecule has 170 valence electrons. The number of aromatic nitrogens is 5. The van der Waals surface area contributed by atoms with Crippen LogP contribution in [0.4, 0.5) is 15.9 Å². The molecule has 0 radical (unpaired) electrons. The molecular formula is C23H25FN8O. The Kier molecular flexibility index (Phi) is 5.16. The number of pyridine rings is 1. The van der Waals surface area contributed by atoms with Crippen molar-refractivity contribution in [3.8, 4) is 0 Å². The molecule has 0 bridgehead atoms. The van der Waals surface area contributed by atoms with Crippen molar-refractivity contribution in [3.63, 3.8) is 0 Å². The average Bonchev–Trinajstić information content (AvgIpc) is 3.17. The van der Waals surface area contributed by atoms with Gasteiger partial charge in [-0.05, 0) is 33.0 Å². The number of amides is 1. The number of aryl methyl sites for hydroxylation is 1. The fraction of sp³-hybridized carbons (Fsp3) is 0.348. The van der Waals surface area contributed by atoms with E-state index < -0.39 is 11.7 Å². The highest BCUT2D eigenvalue weighted by atomic mass is 19.1. The number of halogens is 1. The Morgan fingerprint density at radius 1 is 1.03 bits per heavy atom. The van der Waals surface area contributed by atoms with E-state index in [1.807, 2.05) is 0 Å². The van der Waals surface area contributed by atoms with Gasteiger partial charge in [0.25, 0.3) is 5.91 Å². The summed E-state index contributed by atoms with van der Waals surface area (Å²) in [5, 5.41) is 7.46. The third-order valence-corrected chi connectivity index (χ3v) is 6.32. The third-order valence-electron chi connectivity index (χ3n) is 6.32. The van der Waals surface area contributed by atoms with Gasteiger partial charge in [-0.3, -0.25) is 19.4 Å². The summed E-state index contributed by atoms with van der Waals surface area (Å²) >= 11 is 0. The van der Waals surface area contributed by atoms with Crippen LogP contribution in [0.5, 0.6) is 0 Å². The molecule has 5 rings (SSSR count). The fourth-order valence-corrected chi connectivity index (χ4v) is 4.40. The zero-order valence-electron chi connectivity index (χ0n) is 18.9. The highest BCUT2D eigenvalue weighted by molar-refractivity contribution is 6.12. The predicted molar refractivity (Wildman–Crippen MR) is 125 cm³/mol. The Morgan fingerprint density at radius 3 is 2.45 bits per heavy atom. The summed E-state index contributed by atoms with van der Waals surface area (Å²) in [6.07, 6.45) is 6.38. The van der Waals surface area contributed by atoms with Crippen molar-refractivity contribution in [2.75, 3.05) is 30.4 Å². The van der Waals surface area contributed by atoms with Gasteiger partial charge >= 0.3 is 0 Å². The van der Waals surface area contributed by atoms with Crippen LogP contribution in [0.15, 0.2) is 36.9 Å². The second-order valence-electron chi connectivity index (χ2n) is 8.67. The quantitative estimate of drug-likeness (QED) is 0.515. The van der Waals surface area contributed by atoms with Crippen molar-refractivity contribution in [2.24, 2.45) is 7.05 Å². The van der Waals surface area contributed by atoms with E-state index in [-0.39, 0.29) is 11.1 Å². The zero-order chi connectivity index (χ0) is 23.3. The van der Waals surface area contributed by atoms with E-state index in [9.17, 15) is 9.18 Å². The lowest BCUT2D eigenvalue weighted by Crippen LogP contribution is -2.55. The summed E-state index contributed by atoms with van der Waals surface area (Å²) in [6.45, 7) is 5.96. The first-order valence-electron chi connectivity index (χ1n) is 10.8. The number of nitrogens with one attached hydrogen (secondary N) is 1. The summed E-state index contributed by atoms with van der Waals surface area (Å²) in [5.74, 6) is -0.216. The zero-order valence-corrected chi connectivity index (χ0v) is 18.9. The number of hydrogen-bond donors (Lipinski definition) is 1. The third kappa shape index (κ3) is 3.76. The number of carbonyl (C=O) groups is 1. The molecule has 0 unspecified atom stereocenters. The molecule has 33 heavy (non-hydrogen) atoms. The van der Waals surface area contributed by atoms with Crippen LogP contribution in [0, 0.1) is 5.82 Å².